The van der Waals surface area contributed by atoms with Crippen LogP contribution in [0.2, 0.25) is 5.02 Å². The van der Waals surface area contributed by atoms with Crippen molar-refractivity contribution < 1.29 is 13.6 Å². The van der Waals surface area contributed by atoms with E-state index in [1.807, 2.05) is 0 Å². The summed E-state index contributed by atoms with van der Waals surface area (Å²) < 4.78 is 26.2. The van der Waals surface area contributed by atoms with E-state index in [0.29, 0.717) is 12.6 Å². The van der Waals surface area contributed by atoms with Crippen LogP contribution in [0.4, 0.5) is 8.78 Å². The maximum Gasteiger partial charge on any atom is 0.252 e. The molecule has 0 saturated heterocycles. The van der Waals surface area contributed by atoms with E-state index < -0.39 is 17.5 Å². The second kappa shape index (κ2) is 8.60. The van der Waals surface area contributed by atoms with Crippen molar-refractivity contribution in [3.8, 4) is 0 Å². The lowest BCUT2D eigenvalue weighted by molar-refractivity contribution is 0.0950. The van der Waals surface area contributed by atoms with Crippen LogP contribution in [0.15, 0.2) is 12.1 Å². The molecule has 0 bridgehead atoms. The molecule has 6 heteroatoms. The number of hydrogen-bond acceptors (Lipinski definition) is 2. The summed E-state index contributed by atoms with van der Waals surface area (Å²) in [6.07, 6.45) is 7.21. The SMILES string of the molecule is CN(CCCNC(=O)c1cc(F)c(F)cc1Cl)C1CCCCC1. The maximum atomic E-state index is 13.2. The van der Waals surface area contributed by atoms with Crippen LogP contribution in [0.5, 0.6) is 0 Å². The number of carbonyl (C=O) groups excluding carboxylic acids is 1. The lowest BCUT2D eigenvalue weighted by Crippen LogP contribution is -2.35. The summed E-state index contributed by atoms with van der Waals surface area (Å²) in [4.78, 5) is 14.3. The van der Waals surface area contributed by atoms with E-state index in [2.05, 4.69) is 17.3 Å². The zero-order chi connectivity index (χ0) is 16.8. The molecule has 0 heterocycles. The van der Waals surface area contributed by atoms with Crippen LogP contribution in [0, 0.1) is 11.6 Å². The van der Waals surface area contributed by atoms with Gasteiger partial charge in [-0.05, 0) is 45.0 Å². The van der Waals surface area contributed by atoms with Crippen LogP contribution < -0.4 is 5.32 Å². The van der Waals surface area contributed by atoms with Gasteiger partial charge in [0.1, 0.15) is 0 Å². The smallest absolute Gasteiger partial charge is 0.252 e. The van der Waals surface area contributed by atoms with Crippen molar-refractivity contribution in [1.29, 1.82) is 0 Å². The first kappa shape index (κ1) is 18.1. The highest BCUT2D eigenvalue weighted by molar-refractivity contribution is 6.33. The van der Waals surface area contributed by atoms with Crippen molar-refractivity contribution in [2.75, 3.05) is 20.1 Å². The van der Waals surface area contributed by atoms with E-state index in [-0.39, 0.29) is 10.6 Å². The van der Waals surface area contributed by atoms with Crippen molar-refractivity contribution in [1.82, 2.24) is 10.2 Å². The van der Waals surface area contributed by atoms with E-state index >= 15 is 0 Å². The van der Waals surface area contributed by atoms with Gasteiger partial charge in [-0.15, -0.1) is 0 Å². The lowest BCUT2D eigenvalue weighted by atomic mass is 9.94. The summed E-state index contributed by atoms with van der Waals surface area (Å²) in [5.74, 6) is -2.61. The van der Waals surface area contributed by atoms with Crippen LogP contribution in [-0.4, -0.2) is 37.0 Å². The fraction of sp³-hybridized carbons (Fsp3) is 0.588. The minimum Gasteiger partial charge on any atom is -0.352 e. The van der Waals surface area contributed by atoms with E-state index in [0.717, 1.165) is 25.1 Å². The van der Waals surface area contributed by atoms with Gasteiger partial charge in [0.25, 0.3) is 5.91 Å². The molecule has 3 nitrogen and oxygen atoms in total. The largest absolute Gasteiger partial charge is 0.352 e. The Bertz CT molecular complexity index is 548. The Morgan fingerprint density at radius 2 is 1.91 bits per heavy atom. The second-order valence-corrected chi connectivity index (χ2v) is 6.54. The summed E-state index contributed by atoms with van der Waals surface area (Å²) in [7, 11) is 2.12. The first-order valence-corrected chi connectivity index (χ1v) is 8.50. The summed E-state index contributed by atoms with van der Waals surface area (Å²) in [5.41, 5.74) is -0.0359. The zero-order valence-electron chi connectivity index (χ0n) is 13.4. The van der Waals surface area contributed by atoms with Gasteiger partial charge in [-0.2, -0.15) is 0 Å². The van der Waals surface area contributed by atoms with Crippen LogP contribution in [-0.2, 0) is 0 Å². The van der Waals surface area contributed by atoms with Gasteiger partial charge in [0.05, 0.1) is 10.6 Å². The topological polar surface area (TPSA) is 32.3 Å². The Kier molecular flexibility index (Phi) is 6.78. The van der Waals surface area contributed by atoms with Crippen molar-refractivity contribution in [2.45, 2.75) is 44.6 Å². The van der Waals surface area contributed by atoms with Crippen molar-refractivity contribution in [3.63, 3.8) is 0 Å². The molecule has 23 heavy (non-hydrogen) atoms. The second-order valence-electron chi connectivity index (χ2n) is 6.13. The number of rotatable bonds is 6. The Morgan fingerprint density at radius 1 is 1.26 bits per heavy atom. The van der Waals surface area contributed by atoms with Gasteiger partial charge in [-0.3, -0.25) is 4.79 Å². The minimum atomic E-state index is -1.07. The number of amides is 1. The molecule has 0 aromatic heterocycles. The molecule has 1 aliphatic rings. The monoisotopic (exact) mass is 344 g/mol. The van der Waals surface area contributed by atoms with Crippen LogP contribution in [0.25, 0.3) is 0 Å². The molecule has 2 rings (SSSR count). The van der Waals surface area contributed by atoms with E-state index in [1.165, 1.54) is 32.1 Å². The van der Waals surface area contributed by atoms with Crippen LogP contribution in [0.3, 0.4) is 0 Å². The van der Waals surface area contributed by atoms with Crippen LogP contribution >= 0.6 is 11.6 Å². The molecule has 1 N–H and O–H groups in total. The molecular formula is C17H23ClF2N2O. The normalized spacial score (nSPS) is 15.9. The predicted octanol–water partition coefficient (Wildman–Crippen LogP) is 4.00. The van der Waals surface area contributed by atoms with Crippen molar-refractivity contribution in [2.24, 2.45) is 0 Å². The van der Waals surface area contributed by atoms with E-state index in [9.17, 15) is 13.6 Å². The standard InChI is InChI=1S/C17H23ClF2N2O/c1-22(12-6-3-2-4-7-12)9-5-8-21-17(23)13-10-15(19)16(20)11-14(13)18/h10-12H,2-9H2,1H3,(H,21,23). The fourth-order valence-corrected chi connectivity index (χ4v) is 3.26. The van der Waals surface area contributed by atoms with Gasteiger partial charge in [-0.25, -0.2) is 8.78 Å². The highest BCUT2D eigenvalue weighted by Gasteiger charge is 2.18. The summed E-state index contributed by atoms with van der Waals surface area (Å²) in [6, 6.07) is 2.30. The molecule has 0 atom stereocenters. The Hall–Kier alpha value is -1.20. The van der Waals surface area contributed by atoms with Crippen LogP contribution in [0.1, 0.15) is 48.9 Å². The summed E-state index contributed by atoms with van der Waals surface area (Å²) in [6.45, 7) is 1.38. The fourth-order valence-electron chi connectivity index (χ4n) is 3.03. The molecule has 1 aliphatic carbocycles. The highest BCUT2D eigenvalue weighted by Crippen LogP contribution is 2.22. The molecule has 1 aromatic rings. The third kappa shape index (κ3) is 5.15. The van der Waals surface area contributed by atoms with Crippen molar-refractivity contribution >= 4 is 17.5 Å². The molecule has 1 saturated carbocycles. The highest BCUT2D eigenvalue weighted by atomic mass is 35.5. The molecule has 0 radical (unpaired) electrons. The van der Waals surface area contributed by atoms with Crippen molar-refractivity contribution in [3.05, 3.63) is 34.4 Å². The maximum absolute atomic E-state index is 13.2. The lowest BCUT2D eigenvalue weighted by Gasteiger charge is -2.31. The van der Waals surface area contributed by atoms with E-state index in [1.54, 1.807) is 0 Å². The Labute approximate surface area is 141 Å². The number of nitrogens with zero attached hydrogens (tertiary/aromatic N) is 1. The first-order valence-electron chi connectivity index (χ1n) is 8.12. The molecule has 0 aliphatic heterocycles. The van der Waals surface area contributed by atoms with Gasteiger partial charge in [0, 0.05) is 12.6 Å². The molecule has 128 valence electrons. The van der Waals surface area contributed by atoms with Gasteiger partial charge >= 0.3 is 0 Å². The number of halogens is 3. The Morgan fingerprint density at radius 3 is 2.61 bits per heavy atom. The van der Waals surface area contributed by atoms with E-state index in [4.69, 9.17) is 11.6 Å². The third-order valence-corrected chi connectivity index (χ3v) is 4.74. The first-order chi connectivity index (χ1) is 11.0. The molecular weight excluding hydrogens is 322 g/mol. The van der Waals surface area contributed by atoms with Gasteiger partial charge < -0.3 is 10.2 Å². The molecule has 0 unspecified atom stereocenters. The molecule has 0 spiro atoms. The Balaban J connectivity index is 1.75. The number of nitrogens with one attached hydrogen (secondary N) is 1. The zero-order valence-corrected chi connectivity index (χ0v) is 14.1. The summed E-state index contributed by atoms with van der Waals surface area (Å²) >= 11 is 5.79. The average molecular weight is 345 g/mol. The average Bonchev–Trinajstić information content (AvgIpc) is 2.55. The van der Waals surface area contributed by atoms with Gasteiger partial charge in [0.2, 0.25) is 0 Å². The van der Waals surface area contributed by atoms with Gasteiger partial charge in [0.15, 0.2) is 11.6 Å². The number of hydrogen-bond donors (Lipinski definition) is 1. The molecule has 1 amide bonds. The number of carbonyl (C=O) groups is 1. The predicted molar refractivity (Wildman–Crippen MR) is 87.8 cm³/mol. The number of benzene rings is 1. The molecule has 1 aromatic carbocycles. The quantitative estimate of drug-likeness (QED) is 0.625. The third-order valence-electron chi connectivity index (χ3n) is 4.43. The summed E-state index contributed by atoms with van der Waals surface area (Å²) in [5, 5.41) is 2.62. The molecule has 1 fully saturated rings. The van der Waals surface area contributed by atoms with Gasteiger partial charge in [-0.1, -0.05) is 30.9 Å². The minimum absolute atomic E-state index is 0.0359.